The van der Waals surface area contributed by atoms with E-state index in [4.69, 9.17) is 5.11 Å². The third kappa shape index (κ3) is 1.81. The molecule has 0 unspecified atom stereocenters. The molecule has 2 nitrogen and oxygen atoms in total. The Balaban J connectivity index is 2.54. The molecule has 0 spiro atoms. The van der Waals surface area contributed by atoms with Gasteiger partial charge in [0, 0.05) is 4.88 Å². The molecule has 0 saturated heterocycles. The number of aromatic carboxylic acids is 1. The van der Waals surface area contributed by atoms with Crippen molar-refractivity contribution in [2.24, 2.45) is 0 Å². The van der Waals surface area contributed by atoms with E-state index in [0.29, 0.717) is 10.4 Å². The van der Waals surface area contributed by atoms with Gasteiger partial charge in [-0.1, -0.05) is 6.07 Å². The lowest BCUT2D eigenvalue weighted by molar-refractivity contribution is 0.0698. The van der Waals surface area contributed by atoms with E-state index >= 15 is 0 Å². The Hall–Kier alpha value is -1.75. The zero-order valence-electron chi connectivity index (χ0n) is 7.91. The molecule has 0 aliphatic rings. The van der Waals surface area contributed by atoms with Crippen LogP contribution in [0.4, 0.5) is 8.78 Å². The van der Waals surface area contributed by atoms with Crippen molar-refractivity contribution in [2.45, 2.75) is 0 Å². The molecule has 0 atom stereocenters. The Morgan fingerprint density at radius 3 is 2.56 bits per heavy atom. The molecule has 1 aromatic carbocycles. The maximum absolute atomic E-state index is 13.0. The first-order valence-electron chi connectivity index (χ1n) is 4.36. The minimum atomic E-state index is -1.08. The van der Waals surface area contributed by atoms with Gasteiger partial charge in [-0.15, -0.1) is 11.3 Å². The van der Waals surface area contributed by atoms with Gasteiger partial charge >= 0.3 is 5.97 Å². The van der Waals surface area contributed by atoms with Crippen LogP contribution in [0.25, 0.3) is 10.4 Å². The predicted octanol–water partition coefficient (Wildman–Crippen LogP) is 3.39. The molecular weight excluding hydrogens is 234 g/mol. The lowest BCUT2D eigenvalue weighted by Crippen LogP contribution is -1.95. The van der Waals surface area contributed by atoms with Crippen molar-refractivity contribution in [1.82, 2.24) is 0 Å². The Labute approximate surface area is 93.8 Å². The summed E-state index contributed by atoms with van der Waals surface area (Å²) in [6.45, 7) is 0. The molecule has 0 radical (unpaired) electrons. The summed E-state index contributed by atoms with van der Waals surface area (Å²) in [6, 6.07) is 4.77. The van der Waals surface area contributed by atoms with E-state index in [9.17, 15) is 13.6 Å². The van der Waals surface area contributed by atoms with E-state index < -0.39 is 17.6 Å². The van der Waals surface area contributed by atoms with Crippen LogP contribution in [-0.4, -0.2) is 11.1 Å². The number of carboxylic acids is 1. The average molecular weight is 240 g/mol. The monoisotopic (exact) mass is 240 g/mol. The highest BCUT2D eigenvalue weighted by Crippen LogP contribution is 2.30. The fourth-order valence-electron chi connectivity index (χ4n) is 1.34. The molecule has 0 bridgehead atoms. The lowest BCUT2D eigenvalue weighted by Gasteiger charge is -2.01. The van der Waals surface area contributed by atoms with Crippen LogP contribution in [-0.2, 0) is 0 Å². The van der Waals surface area contributed by atoms with Crippen molar-refractivity contribution >= 4 is 17.3 Å². The van der Waals surface area contributed by atoms with Gasteiger partial charge in [0.15, 0.2) is 11.6 Å². The quantitative estimate of drug-likeness (QED) is 0.873. The van der Waals surface area contributed by atoms with Crippen molar-refractivity contribution in [1.29, 1.82) is 0 Å². The highest BCUT2D eigenvalue weighted by atomic mass is 32.1. The second-order valence-electron chi connectivity index (χ2n) is 3.10. The van der Waals surface area contributed by atoms with E-state index in [1.54, 1.807) is 5.38 Å². The highest BCUT2D eigenvalue weighted by molar-refractivity contribution is 7.14. The van der Waals surface area contributed by atoms with E-state index in [2.05, 4.69) is 0 Å². The number of carboxylic acid groups (broad SMARTS) is 1. The number of hydrogen-bond acceptors (Lipinski definition) is 2. The molecule has 1 heterocycles. The first-order valence-corrected chi connectivity index (χ1v) is 5.24. The summed E-state index contributed by atoms with van der Waals surface area (Å²) in [5.74, 6) is -3.01. The minimum absolute atomic E-state index is 0.0935. The maximum atomic E-state index is 13.0. The zero-order valence-corrected chi connectivity index (χ0v) is 8.72. The molecule has 16 heavy (non-hydrogen) atoms. The number of halogens is 2. The van der Waals surface area contributed by atoms with Crippen molar-refractivity contribution in [3.63, 3.8) is 0 Å². The summed E-state index contributed by atoms with van der Waals surface area (Å²) < 4.78 is 25.7. The Morgan fingerprint density at radius 2 is 1.94 bits per heavy atom. The fraction of sp³-hybridized carbons (Fsp3) is 0. The van der Waals surface area contributed by atoms with Crippen LogP contribution < -0.4 is 0 Å². The predicted molar refractivity (Wildman–Crippen MR) is 56.6 cm³/mol. The first-order chi connectivity index (χ1) is 7.59. The van der Waals surface area contributed by atoms with Gasteiger partial charge < -0.3 is 5.11 Å². The van der Waals surface area contributed by atoms with E-state index in [1.165, 1.54) is 23.5 Å². The van der Waals surface area contributed by atoms with E-state index in [0.717, 1.165) is 12.1 Å². The number of rotatable bonds is 2. The van der Waals surface area contributed by atoms with Gasteiger partial charge in [-0.3, -0.25) is 0 Å². The molecule has 1 aromatic heterocycles. The van der Waals surface area contributed by atoms with Crippen LogP contribution in [0.1, 0.15) is 10.4 Å². The zero-order chi connectivity index (χ0) is 11.7. The third-order valence-corrected chi connectivity index (χ3v) is 3.04. The van der Waals surface area contributed by atoms with Crippen LogP contribution >= 0.6 is 11.3 Å². The Kier molecular flexibility index (Phi) is 2.70. The molecule has 5 heteroatoms. The van der Waals surface area contributed by atoms with Crippen molar-refractivity contribution < 1.29 is 18.7 Å². The van der Waals surface area contributed by atoms with Crippen molar-refractivity contribution in [2.75, 3.05) is 0 Å². The fourth-order valence-corrected chi connectivity index (χ4v) is 2.22. The summed E-state index contributed by atoms with van der Waals surface area (Å²) in [6.07, 6.45) is 0. The molecular formula is C11H6F2O2S. The van der Waals surface area contributed by atoms with E-state index in [-0.39, 0.29) is 5.56 Å². The van der Waals surface area contributed by atoms with Gasteiger partial charge in [0.05, 0.1) is 5.56 Å². The molecule has 1 N–H and O–H groups in total. The smallest absolute Gasteiger partial charge is 0.337 e. The van der Waals surface area contributed by atoms with Crippen LogP contribution in [0.2, 0.25) is 0 Å². The van der Waals surface area contributed by atoms with E-state index in [1.807, 2.05) is 0 Å². The van der Waals surface area contributed by atoms with Crippen LogP contribution in [0, 0.1) is 11.6 Å². The summed E-state index contributed by atoms with van der Waals surface area (Å²) >= 11 is 1.18. The second kappa shape index (κ2) is 4.02. The normalized spacial score (nSPS) is 10.4. The first kappa shape index (κ1) is 10.8. The third-order valence-electron chi connectivity index (χ3n) is 2.08. The van der Waals surface area contributed by atoms with Gasteiger partial charge in [0.1, 0.15) is 0 Å². The van der Waals surface area contributed by atoms with Gasteiger partial charge in [-0.25, -0.2) is 13.6 Å². The lowest BCUT2D eigenvalue weighted by atomic mass is 10.1. The van der Waals surface area contributed by atoms with Crippen LogP contribution in [0.3, 0.4) is 0 Å². The summed E-state index contributed by atoms with van der Waals surface area (Å²) in [7, 11) is 0. The van der Waals surface area contributed by atoms with Gasteiger partial charge in [-0.2, -0.15) is 0 Å². The second-order valence-corrected chi connectivity index (χ2v) is 4.01. The van der Waals surface area contributed by atoms with Gasteiger partial charge in [0.2, 0.25) is 0 Å². The largest absolute Gasteiger partial charge is 0.478 e. The topological polar surface area (TPSA) is 37.3 Å². The van der Waals surface area contributed by atoms with Crippen LogP contribution in [0.15, 0.2) is 29.6 Å². The molecule has 2 rings (SSSR count). The van der Waals surface area contributed by atoms with Crippen molar-refractivity contribution in [3.05, 3.63) is 46.8 Å². The highest BCUT2D eigenvalue weighted by Gasteiger charge is 2.14. The molecule has 2 aromatic rings. The Bertz CT molecular complexity index is 549. The van der Waals surface area contributed by atoms with Crippen LogP contribution in [0.5, 0.6) is 0 Å². The number of hydrogen-bond donors (Lipinski definition) is 1. The number of carbonyl (C=O) groups is 1. The molecule has 82 valence electrons. The minimum Gasteiger partial charge on any atom is -0.478 e. The molecule has 0 aliphatic carbocycles. The average Bonchev–Trinajstić information content (AvgIpc) is 2.71. The number of thiophene rings is 1. The summed E-state index contributed by atoms with van der Waals surface area (Å²) in [5.41, 5.74) is 0.460. The van der Waals surface area contributed by atoms with Gasteiger partial charge in [0.25, 0.3) is 0 Å². The van der Waals surface area contributed by atoms with Gasteiger partial charge in [-0.05, 0) is 29.1 Å². The number of benzene rings is 1. The molecule has 0 aliphatic heterocycles. The maximum Gasteiger partial charge on any atom is 0.337 e. The standard InChI is InChI=1S/C11H6F2O2S/c12-8-2-1-6(5-9(8)13)10-7(11(14)15)3-4-16-10/h1-5H,(H,14,15). The molecule has 0 saturated carbocycles. The summed E-state index contributed by atoms with van der Waals surface area (Å²) in [4.78, 5) is 11.3. The molecule has 0 amide bonds. The Morgan fingerprint density at radius 1 is 1.19 bits per heavy atom. The SMILES string of the molecule is O=C(O)c1ccsc1-c1ccc(F)c(F)c1. The van der Waals surface area contributed by atoms with Crippen molar-refractivity contribution in [3.8, 4) is 10.4 Å². The molecule has 0 fully saturated rings. The summed E-state index contributed by atoms with van der Waals surface area (Å²) in [5, 5.41) is 10.5.